The quantitative estimate of drug-likeness (QED) is 0.554. The molecule has 2 aromatic carbocycles. The number of hydrogen-bond acceptors (Lipinski definition) is 6. The lowest BCUT2D eigenvalue weighted by atomic mass is 10.1. The summed E-state index contributed by atoms with van der Waals surface area (Å²) in [5.74, 6) is 0. The summed E-state index contributed by atoms with van der Waals surface area (Å²) in [5, 5.41) is 31.0. The molecule has 0 amide bonds. The van der Waals surface area contributed by atoms with Gasteiger partial charge in [0.25, 0.3) is 0 Å². The molecular formula is C21H29N5O2. The Balaban J connectivity index is 1.92. The van der Waals surface area contributed by atoms with Gasteiger partial charge in [-0.15, -0.1) is 10.2 Å². The Bertz CT molecular complexity index is 949. The van der Waals surface area contributed by atoms with Crippen LogP contribution in [0, 0.1) is 13.8 Å². The topological polar surface area (TPSA) is 86.4 Å². The van der Waals surface area contributed by atoms with Crippen molar-refractivity contribution in [1.82, 2.24) is 15.0 Å². The fourth-order valence-corrected chi connectivity index (χ4v) is 3.31. The van der Waals surface area contributed by atoms with Crippen molar-refractivity contribution in [2.45, 2.75) is 33.8 Å². The second-order valence-corrected chi connectivity index (χ2v) is 7.01. The Labute approximate surface area is 165 Å². The van der Waals surface area contributed by atoms with Gasteiger partial charge in [-0.2, -0.15) is 4.80 Å². The first-order valence-electron chi connectivity index (χ1n) is 9.73. The van der Waals surface area contributed by atoms with Crippen molar-refractivity contribution >= 4 is 22.4 Å². The molecule has 0 spiro atoms. The van der Waals surface area contributed by atoms with Crippen LogP contribution in [0.25, 0.3) is 16.7 Å². The standard InChI is InChI=1S/C21H29N5O2/c1-5-25(6-2)16-7-8-21(15(4)9-16)26-23-19-10-14(3)18(11-20(19)24-26)22-12-17(28)13-27/h7-11,17,22,27-28H,5-6,12-13H2,1-4H3. The molecule has 3 aromatic rings. The molecule has 0 fully saturated rings. The highest BCUT2D eigenvalue weighted by molar-refractivity contribution is 5.80. The number of hydrogen-bond donors (Lipinski definition) is 3. The number of anilines is 2. The summed E-state index contributed by atoms with van der Waals surface area (Å²) in [5.41, 5.74) is 6.75. The Morgan fingerprint density at radius 2 is 1.71 bits per heavy atom. The van der Waals surface area contributed by atoms with E-state index in [2.05, 4.69) is 59.4 Å². The molecule has 7 nitrogen and oxygen atoms in total. The summed E-state index contributed by atoms with van der Waals surface area (Å²) in [6.45, 7) is 10.3. The molecule has 0 saturated heterocycles. The zero-order chi connectivity index (χ0) is 20.3. The fraction of sp³-hybridized carbons (Fsp3) is 0.429. The van der Waals surface area contributed by atoms with Crippen LogP contribution in [0.2, 0.25) is 0 Å². The summed E-state index contributed by atoms with van der Waals surface area (Å²) in [4.78, 5) is 3.99. The van der Waals surface area contributed by atoms with E-state index in [1.54, 1.807) is 4.80 Å². The second kappa shape index (κ2) is 8.58. The number of aromatic nitrogens is 3. The second-order valence-electron chi connectivity index (χ2n) is 7.01. The molecule has 0 aliphatic heterocycles. The van der Waals surface area contributed by atoms with Gasteiger partial charge in [0, 0.05) is 31.0 Å². The predicted molar refractivity (Wildman–Crippen MR) is 113 cm³/mol. The first-order chi connectivity index (χ1) is 13.5. The van der Waals surface area contributed by atoms with Crippen LogP contribution >= 0.6 is 0 Å². The molecule has 0 aliphatic rings. The van der Waals surface area contributed by atoms with Crippen molar-refractivity contribution in [3.05, 3.63) is 41.5 Å². The SMILES string of the molecule is CCN(CC)c1ccc(-n2nc3cc(C)c(NCC(O)CO)cc3n2)c(C)c1. The van der Waals surface area contributed by atoms with Crippen LogP contribution in [0.1, 0.15) is 25.0 Å². The highest BCUT2D eigenvalue weighted by Crippen LogP contribution is 2.25. The van der Waals surface area contributed by atoms with Crippen LogP contribution in [0.15, 0.2) is 30.3 Å². The summed E-state index contributed by atoms with van der Waals surface area (Å²) in [7, 11) is 0. The first-order valence-corrected chi connectivity index (χ1v) is 9.73. The van der Waals surface area contributed by atoms with Crippen molar-refractivity contribution in [3.8, 4) is 5.69 Å². The van der Waals surface area contributed by atoms with E-state index in [1.165, 1.54) is 5.69 Å². The van der Waals surface area contributed by atoms with Gasteiger partial charge < -0.3 is 20.4 Å². The molecule has 7 heteroatoms. The maximum atomic E-state index is 9.56. The van der Waals surface area contributed by atoms with Crippen LogP contribution in [-0.4, -0.2) is 57.6 Å². The number of rotatable bonds is 8. The van der Waals surface area contributed by atoms with Crippen LogP contribution in [0.4, 0.5) is 11.4 Å². The van der Waals surface area contributed by atoms with Crippen LogP contribution in [0.3, 0.4) is 0 Å². The van der Waals surface area contributed by atoms with Gasteiger partial charge in [0.05, 0.1) is 18.4 Å². The predicted octanol–water partition coefficient (Wildman–Crippen LogP) is 2.65. The molecule has 1 unspecified atom stereocenters. The molecule has 1 heterocycles. The van der Waals surface area contributed by atoms with E-state index in [0.717, 1.165) is 46.6 Å². The van der Waals surface area contributed by atoms with Crippen molar-refractivity contribution in [3.63, 3.8) is 0 Å². The highest BCUT2D eigenvalue weighted by atomic mass is 16.3. The third-order valence-electron chi connectivity index (χ3n) is 4.99. The number of nitrogens with one attached hydrogen (secondary N) is 1. The van der Waals surface area contributed by atoms with E-state index >= 15 is 0 Å². The van der Waals surface area contributed by atoms with Crippen LogP contribution < -0.4 is 10.2 Å². The number of nitrogens with zero attached hydrogens (tertiary/aromatic N) is 4. The summed E-state index contributed by atoms with van der Waals surface area (Å²) < 4.78 is 0. The first kappa shape index (κ1) is 20.1. The molecule has 3 rings (SSSR count). The molecule has 0 bridgehead atoms. The molecule has 1 atom stereocenters. The number of fused-ring (bicyclic) bond motifs is 1. The Hall–Kier alpha value is -2.64. The molecular weight excluding hydrogens is 354 g/mol. The fourth-order valence-electron chi connectivity index (χ4n) is 3.31. The van der Waals surface area contributed by atoms with Gasteiger partial charge in [0.2, 0.25) is 0 Å². The smallest absolute Gasteiger partial charge is 0.115 e. The van der Waals surface area contributed by atoms with Gasteiger partial charge in [0.15, 0.2) is 0 Å². The Morgan fingerprint density at radius 3 is 2.32 bits per heavy atom. The Kier molecular flexibility index (Phi) is 6.16. The minimum Gasteiger partial charge on any atom is -0.394 e. The van der Waals surface area contributed by atoms with Gasteiger partial charge in [-0.1, -0.05) is 0 Å². The monoisotopic (exact) mass is 383 g/mol. The number of benzene rings is 2. The van der Waals surface area contributed by atoms with Gasteiger partial charge in [0.1, 0.15) is 11.0 Å². The zero-order valence-electron chi connectivity index (χ0n) is 17.0. The van der Waals surface area contributed by atoms with Crippen molar-refractivity contribution in [1.29, 1.82) is 0 Å². The van der Waals surface area contributed by atoms with E-state index in [4.69, 9.17) is 5.11 Å². The summed E-state index contributed by atoms with van der Waals surface area (Å²) >= 11 is 0. The number of aryl methyl sites for hydroxylation is 2. The average Bonchev–Trinajstić information content (AvgIpc) is 3.09. The number of aliphatic hydroxyl groups excluding tert-OH is 2. The van der Waals surface area contributed by atoms with Gasteiger partial charge in [-0.3, -0.25) is 0 Å². The maximum Gasteiger partial charge on any atom is 0.115 e. The third kappa shape index (κ3) is 4.10. The van der Waals surface area contributed by atoms with Crippen molar-refractivity contribution in [2.75, 3.05) is 36.5 Å². The van der Waals surface area contributed by atoms with E-state index in [1.807, 2.05) is 19.1 Å². The largest absolute Gasteiger partial charge is 0.394 e. The van der Waals surface area contributed by atoms with Crippen molar-refractivity contribution in [2.24, 2.45) is 0 Å². The van der Waals surface area contributed by atoms with Crippen LogP contribution in [0.5, 0.6) is 0 Å². The Morgan fingerprint density at radius 1 is 1.04 bits per heavy atom. The lowest BCUT2D eigenvalue weighted by Crippen LogP contribution is -2.23. The lowest BCUT2D eigenvalue weighted by molar-refractivity contribution is 0.105. The highest BCUT2D eigenvalue weighted by Gasteiger charge is 2.12. The lowest BCUT2D eigenvalue weighted by Gasteiger charge is -2.22. The van der Waals surface area contributed by atoms with E-state index in [0.29, 0.717) is 0 Å². The van der Waals surface area contributed by atoms with Crippen LogP contribution in [-0.2, 0) is 0 Å². The molecule has 0 radical (unpaired) electrons. The average molecular weight is 383 g/mol. The molecule has 28 heavy (non-hydrogen) atoms. The van der Waals surface area contributed by atoms with Gasteiger partial charge >= 0.3 is 0 Å². The van der Waals surface area contributed by atoms with E-state index in [-0.39, 0.29) is 13.2 Å². The summed E-state index contributed by atoms with van der Waals surface area (Å²) in [6, 6.07) is 10.2. The number of aliphatic hydroxyl groups is 2. The molecule has 0 aliphatic carbocycles. The minimum atomic E-state index is -0.794. The van der Waals surface area contributed by atoms with Gasteiger partial charge in [-0.05, 0) is 69.2 Å². The molecule has 150 valence electrons. The zero-order valence-corrected chi connectivity index (χ0v) is 17.0. The molecule has 1 aromatic heterocycles. The minimum absolute atomic E-state index is 0.271. The summed E-state index contributed by atoms with van der Waals surface area (Å²) in [6.07, 6.45) is -0.794. The van der Waals surface area contributed by atoms with Crippen molar-refractivity contribution < 1.29 is 10.2 Å². The molecule has 0 saturated carbocycles. The van der Waals surface area contributed by atoms with E-state index in [9.17, 15) is 5.11 Å². The normalized spacial score (nSPS) is 12.4. The third-order valence-corrected chi connectivity index (χ3v) is 4.99. The van der Waals surface area contributed by atoms with E-state index < -0.39 is 6.10 Å². The molecule has 3 N–H and O–H groups in total. The maximum absolute atomic E-state index is 9.56. The van der Waals surface area contributed by atoms with Gasteiger partial charge in [-0.25, -0.2) is 0 Å².